The van der Waals surface area contributed by atoms with Crippen LogP contribution >= 0.6 is 0 Å². The van der Waals surface area contributed by atoms with Gasteiger partial charge in [0.2, 0.25) is 0 Å². The van der Waals surface area contributed by atoms with E-state index in [1.165, 1.54) is 14.2 Å². The van der Waals surface area contributed by atoms with Crippen LogP contribution < -0.4 is 0 Å². The smallest absolute Gasteiger partial charge is 0.333 e. The molecule has 0 spiro atoms. The van der Waals surface area contributed by atoms with Crippen LogP contribution in [0, 0.1) is 5.41 Å². The topological polar surface area (TPSA) is 124 Å². The fraction of sp³-hybridized carbons (Fsp3) is 0.529. The van der Waals surface area contributed by atoms with Crippen LogP contribution in [0.1, 0.15) is 12.8 Å². The van der Waals surface area contributed by atoms with Gasteiger partial charge < -0.3 is 28.4 Å². The zero-order chi connectivity index (χ0) is 21.0. The maximum atomic E-state index is 12.5. The monoisotopic (exact) mass is 388 g/mol. The van der Waals surface area contributed by atoms with Gasteiger partial charge in [-0.2, -0.15) is 0 Å². The molecule has 0 saturated carbocycles. The third-order valence-corrected chi connectivity index (χ3v) is 3.59. The highest BCUT2D eigenvalue weighted by Gasteiger charge is 2.50. The molecule has 0 radical (unpaired) electrons. The number of carbonyl (C=O) groups is 4. The predicted molar refractivity (Wildman–Crippen MR) is 89.9 cm³/mol. The highest BCUT2D eigenvalue weighted by Crippen LogP contribution is 2.37. The van der Waals surface area contributed by atoms with Gasteiger partial charge in [0.05, 0.1) is 54.8 Å². The average Bonchev–Trinajstić information content (AvgIpc) is 2.69. The molecule has 0 unspecified atom stereocenters. The van der Waals surface area contributed by atoms with E-state index in [1.807, 2.05) is 0 Å². The quantitative estimate of drug-likeness (QED) is 0.172. The number of carbonyl (C=O) groups excluding carboxylic acids is 4. The Labute approximate surface area is 157 Å². The van der Waals surface area contributed by atoms with Crippen LogP contribution in [-0.2, 0) is 47.6 Å². The highest BCUT2D eigenvalue weighted by atomic mass is 16.6. The third kappa shape index (κ3) is 6.65. The number of hydrogen-bond donors (Lipinski definition) is 0. The fourth-order valence-corrected chi connectivity index (χ4v) is 2.17. The average molecular weight is 388 g/mol. The lowest BCUT2D eigenvalue weighted by molar-refractivity contribution is -0.170. The van der Waals surface area contributed by atoms with Crippen molar-refractivity contribution >= 4 is 23.9 Å². The van der Waals surface area contributed by atoms with Gasteiger partial charge in [-0.15, -0.1) is 0 Å². The van der Waals surface area contributed by atoms with Gasteiger partial charge in [-0.1, -0.05) is 0 Å². The minimum absolute atomic E-state index is 0.0498. The second-order valence-corrected chi connectivity index (χ2v) is 5.09. The molecule has 0 saturated heterocycles. The van der Waals surface area contributed by atoms with Crippen molar-refractivity contribution in [3.63, 3.8) is 0 Å². The molecule has 27 heavy (non-hydrogen) atoms. The first-order valence-electron chi connectivity index (χ1n) is 7.56. The molecule has 0 atom stereocenters. The highest BCUT2D eigenvalue weighted by molar-refractivity contribution is 6.01. The fourth-order valence-electron chi connectivity index (χ4n) is 2.17. The second-order valence-electron chi connectivity index (χ2n) is 5.09. The molecule has 0 aromatic rings. The minimum atomic E-state index is -1.99. The number of hydrogen-bond acceptors (Lipinski definition) is 10. The van der Waals surface area contributed by atoms with Crippen molar-refractivity contribution in [2.24, 2.45) is 5.41 Å². The van der Waals surface area contributed by atoms with Gasteiger partial charge in [-0.25, -0.2) is 9.59 Å². The Kier molecular flexibility index (Phi) is 10.3. The van der Waals surface area contributed by atoms with Gasteiger partial charge in [0.15, 0.2) is 5.41 Å². The van der Waals surface area contributed by atoms with E-state index in [4.69, 9.17) is 18.9 Å². The van der Waals surface area contributed by atoms with Gasteiger partial charge in [0.25, 0.3) is 0 Å². The van der Waals surface area contributed by atoms with E-state index in [0.29, 0.717) is 0 Å². The molecular formula is C17H24O10. The molecule has 10 heteroatoms. The zero-order valence-corrected chi connectivity index (χ0v) is 16.2. The second kappa shape index (κ2) is 11.6. The summed E-state index contributed by atoms with van der Waals surface area (Å²) in [5.41, 5.74) is -1.99. The maximum absolute atomic E-state index is 12.5. The Morgan fingerprint density at radius 1 is 0.593 bits per heavy atom. The summed E-state index contributed by atoms with van der Waals surface area (Å²) in [4.78, 5) is 48.1. The lowest BCUT2D eigenvalue weighted by Crippen LogP contribution is -2.42. The lowest BCUT2D eigenvalue weighted by Gasteiger charge is -2.29. The van der Waals surface area contributed by atoms with Crippen LogP contribution in [0.3, 0.4) is 0 Å². The van der Waals surface area contributed by atoms with Gasteiger partial charge in [-0.05, 0) is 0 Å². The summed E-state index contributed by atoms with van der Waals surface area (Å²) in [6.45, 7) is 0. The number of methoxy groups -OCH3 is 6. The van der Waals surface area contributed by atoms with Crippen molar-refractivity contribution in [1.82, 2.24) is 0 Å². The predicted octanol–water partition coefficient (Wildman–Crippen LogP) is 0.506. The molecule has 0 bridgehead atoms. The number of ether oxygens (including phenoxy) is 6. The van der Waals surface area contributed by atoms with Crippen LogP contribution in [0.2, 0.25) is 0 Å². The third-order valence-electron chi connectivity index (χ3n) is 3.59. The zero-order valence-electron chi connectivity index (χ0n) is 16.2. The molecule has 0 amide bonds. The Balaban J connectivity index is 6.28. The van der Waals surface area contributed by atoms with Crippen molar-refractivity contribution in [2.45, 2.75) is 12.8 Å². The molecule has 0 aliphatic heterocycles. The van der Waals surface area contributed by atoms with E-state index in [-0.39, 0.29) is 11.5 Å². The normalized spacial score (nSPS) is 11.9. The van der Waals surface area contributed by atoms with Gasteiger partial charge >= 0.3 is 23.9 Å². The summed E-state index contributed by atoms with van der Waals surface area (Å²) >= 11 is 0. The standard InChI is InChI=1S/C17H24O10/c1-22-11(7-13(18)24-3)9-17(15(20)26-5,16(21)27-6)10-12(23-2)8-14(19)25-4/h7-8H,9-10H2,1-6H3. The molecule has 0 aromatic carbocycles. The lowest BCUT2D eigenvalue weighted by atomic mass is 9.79. The van der Waals surface area contributed by atoms with Crippen molar-refractivity contribution in [3.8, 4) is 0 Å². The van der Waals surface area contributed by atoms with E-state index in [9.17, 15) is 19.2 Å². The van der Waals surface area contributed by atoms with Crippen LogP contribution in [-0.4, -0.2) is 66.5 Å². The first-order chi connectivity index (χ1) is 12.7. The van der Waals surface area contributed by atoms with Crippen LogP contribution in [0.25, 0.3) is 0 Å². The van der Waals surface area contributed by atoms with E-state index in [1.54, 1.807) is 0 Å². The SMILES string of the molecule is COC(=O)C=C(CC(CC(=CC(=O)OC)OC)(C(=O)OC)C(=O)OC)OC. The molecule has 0 fully saturated rings. The van der Waals surface area contributed by atoms with Gasteiger partial charge in [0, 0.05) is 12.8 Å². The maximum Gasteiger partial charge on any atom is 0.333 e. The van der Waals surface area contributed by atoms with Crippen LogP contribution in [0.15, 0.2) is 23.7 Å². The van der Waals surface area contributed by atoms with Gasteiger partial charge in [0.1, 0.15) is 11.5 Å². The summed E-state index contributed by atoms with van der Waals surface area (Å²) < 4.78 is 28.7. The summed E-state index contributed by atoms with van der Waals surface area (Å²) in [6.07, 6.45) is 1.11. The Morgan fingerprint density at radius 2 is 0.926 bits per heavy atom. The molecular weight excluding hydrogens is 364 g/mol. The van der Waals surface area contributed by atoms with Gasteiger partial charge in [-0.3, -0.25) is 9.59 Å². The Hall–Kier alpha value is -3.04. The molecule has 10 nitrogen and oxygen atoms in total. The Morgan fingerprint density at radius 3 is 1.15 bits per heavy atom. The Bertz CT molecular complexity index is 563. The van der Waals surface area contributed by atoms with Crippen LogP contribution in [0.4, 0.5) is 0 Å². The van der Waals surface area contributed by atoms with Crippen molar-refractivity contribution in [1.29, 1.82) is 0 Å². The van der Waals surface area contributed by atoms with E-state index < -0.39 is 42.1 Å². The van der Waals surface area contributed by atoms with E-state index in [0.717, 1.165) is 40.6 Å². The van der Waals surface area contributed by atoms with Crippen molar-refractivity contribution in [2.75, 3.05) is 42.7 Å². The summed E-state index contributed by atoms with van der Waals surface area (Å²) in [5.74, 6) is -3.57. The molecule has 152 valence electrons. The largest absolute Gasteiger partial charge is 0.501 e. The number of allylic oxidation sites excluding steroid dienone is 2. The molecule has 0 aromatic heterocycles. The van der Waals surface area contributed by atoms with Crippen molar-refractivity contribution < 1.29 is 47.6 Å². The summed E-state index contributed by atoms with van der Waals surface area (Å²) in [7, 11) is 6.95. The van der Waals surface area contributed by atoms with Crippen molar-refractivity contribution in [3.05, 3.63) is 23.7 Å². The molecule has 0 rings (SSSR count). The first kappa shape index (κ1) is 24.0. The minimum Gasteiger partial charge on any atom is -0.501 e. The van der Waals surface area contributed by atoms with E-state index in [2.05, 4.69) is 9.47 Å². The molecule has 0 aliphatic rings. The summed E-state index contributed by atoms with van der Waals surface area (Å²) in [6, 6.07) is 0. The van der Waals surface area contributed by atoms with Crippen LogP contribution in [0.5, 0.6) is 0 Å². The molecule has 0 N–H and O–H groups in total. The van der Waals surface area contributed by atoms with E-state index >= 15 is 0 Å². The number of esters is 4. The summed E-state index contributed by atoms with van der Waals surface area (Å²) in [5, 5.41) is 0. The molecule has 0 aliphatic carbocycles. The number of rotatable bonds is 10. The molecule has 0 heterocycles. The first-order valence-corrected chi connectivity index (χ1v) is 7.56.